The van der Waals surface area contributed by atoms with Gasteiger partial charge in [-0.2, -0.15) is 0 Å². The van der Waals surface area contributed by atoms with E-state index in [0.29, 0.717) is 38.8 Å². The Labute approximate surface area is 114 Å². The van der Waals surface area contributed by atoms with Crippen LogP contribution in [0.4, 0.5) is 0 Å². The molecule has 1 saturated carbocycles. The lowest BCUT2D eigenvalue weighted by atomic mass is 9.81. The summed E-state index contributed by atoms with van der Waals surface area (Å²) in [4.78, 5) is 24.7. The van der Waals surface area contributed by atoms with Gasteiger partial charge in [0.05, 0.1) is 18.6 Å². The zero-order chi connectivity index (χ0) is 14.4. The lowest BCUT2D eigenvalue weighted by Gasteiger charge is -2.29. The molecule has 0 saturated heterocycles. The van der Waals surface area contributed by atoms with Gasteiger partial charge in [-0.05, 0) is 39.5 Å². The van der Waals surface area contributed by atoms with Crippen molar-refractivity contribution in [3.8, 4) is 0 Å². The lowest BCUT2D eigenvalue weighted by molar-refractivity contribution is -0.145. The molecule has 5 heteroatoms. The summed E-state index contributed by atoms with van der Waals surface area (Å²) in [5.41, 5.74) is 0. The van der Waals surface area contributed by atoms with Crippen molar-refractivity contribution < 1.29 is 19.4 Å². The van der Waals surface area contributed by atoms with Crippen LogP contribution in [-0.4, -0.2) is 48.2 Å². The number of hydrogen-bond acceptors (Lipinski definition) is 3. The molecule has 19 heavy (non-hydrogen) atoms. The molecule has 1 amide bonds. The minimum Gasteiger partial charge on any atom is -0.481 e. The van der Waals surface area contributed by atoms with Crippen LogP contribution < -0.4 is 0 Å². The first-order valence-electron chi connectivity index (χ1n) is 7.01. The number of amides is 1. The molecular weight excluding hydrogens is 246 g/mol. The topological polar surface area (TPSA) is 66.8 Å². The van der Waals surface area contributed by atoms with Crippen molar-refractivity contribution in [2.75, 3.05) is 20.2 Å². The van der Waals surface area contributed by atoms with Crippen LogP contribution in [0, 0.1) is 11.8 Å². The predicted octanol–water partition coefficient (Wildman–Crippen LogP) is 1.76. The largest absolute Gasteiger partial charge is 0.481 e. The Morgan fingerprint density at radius 2 is 1.74 bits per heavy atom. The summed E-state index contributed by atoms with van der Waals surface area (Å²) in [6.45, 7) is 5.07. The van der Waals surface area contributed by atoms with Crippen LogP contribution in [0.5, 0.6) is 0 Å². The third-order valence-electron chi connectivity index (χ3n) is 3.68. The van der Waals surface area contributed by atoms with Crippen molar-refractivity contribution in [3.05, 3.63) is 0 Å². The van der Waals surface area contributed by atoms with E-state index in [1.165, 1.54) is 0 Å². The van der Waals surface area contributed by atoms with Gasteiger partial charge in [-0.25, -0.2) is 0 Å². The first-order chi connectivity index (χ1) is 8.91. The summed E-state index contributed by atoms with van der Waals surface area (Å²) >= 11 is 0. The molecule has 0 spiro atoms. The SMILES string of the molecule is CC(C)OCCN(C)C(=O)C1CCC(C(=O)O)CC1. The highest BCUT2D eigenvalue weighted by atomic mass is 16.5. The van der Waals surface area contributed by atoms with Gasteiger partial charge in [0.25, 0.3) is 0 Å². The van der Waals surface area contributed by atoms with Gasteiger partial charge < -0.3 is 14.7 Å². The smallest absolute Gasteiger partial charge is 0.306 e. The molecule has 1 aliphatic carbocycles. The van der Waals surface area contributed by atoms with Gasteiger partial charge in [-0.3, -0.25) is 9.59 Å². The van der Waals surface area contributed by atoms with Gasteiger partial charge >= 0.3 is 5.97 Å². The molecular formula is C14H25NO4. The first-order valence-corrected chi connectivity index (χ1v) is 7.01. The minimum absolute atomic E-state index is 0.0142. The molecule has 0 unspecified atom stereocenters. The van der Waals surface area contributed by atoms with Crippen molar-refractivity contribution in [3.63, 3.8) is 0 Å². The number of carbonyl (C=O) groups excluding carboxylic acids is 1. The zero-order valence-electron chi connectivity index (χ0n) is 12.1. The molecule has 0 radical (unpaired) electrons. The first kappa shape index (κ1) is 16.0. The van der Waals surface area contributed by atoms with Crippen molar-refractivity contribution in [2.45, 2.75) is 45.6 Å². The molecule has 0 atom stereocenters. The number of hydrogen-bond donors (Lipinski definition) is 1. The quantitative estimate of drug-likeness (QED) is 0.799. The van der Waals surface area contributed by atoms with Crippen LogP contribution in [0.3, 0.4) is 0 Å². The van der Waals surface area contributed by atoms with E-state index in [0.717, 1.165) is 0 Å². The van der Waals surface area contributed by atoms with Crippen LogP contribution in [-0.2, 0) is 14.3 Å². The average molecular weight is 271 g/mol. The van der Waals surface area contributed by atoms with Crippen LogP contribution in [0.2, 0.25) is 0 Å². The Morgan fingerprint density at radius 3 is 2.21 bits per heavy atom. The second-order valence-electron chi connectivity index (χ2n) is 5.57. The van der Waals surface area contributed by atoms with E-state index < -0.39 is 5.97 Å². The highest BCUT2D eigenvalue weighted by Gasteiger charge is 2.30. The highest BCUT2D eigenvalue weighted by Crippen LogP contribution is 2.29. The normalized spacial score (nSPS) is 23.4. The van der Waals surface area contributed by atoms with Crippen molar-refractivity contribution >= 4 is 11.9 Å². The fourth-order valence-corrected chi connectivity index (χ4v) is 2.43. The van der Waals surface area contributed by atoms with E-state index in [4.69, 9.17) is 9.84 Å². The summed E-state index contributed by atoms with van der Waals surface area (Å²) in [6, 6.07) is 0. The summed E-state index contributed by atoms with van der Waals surface area (Å²) in [7, 11) is 1.79. The average Bonchev–Trinajstić information content (AvgIpc) is 2.37. The predicted molar refractivity (Wildman–Crippen MR) is 71.8 cm³/mol. The van der Waals surface area contributed by atoms with Gasteiger partial charge in [-0.15, -0.1) is 0 Å². The molecule has 1 rings (SSSR count). The minimum atomic E-state index is -0.732. The van der Waals surface area contributed by atoms with E-state index in [2.05, 4.69) is 0 Å². The van der Waals surface area contributed by atoms with Crippen molar-refractivity contribution in [2.24, 2.45) is 11.8 Å². The summed E-state index contributed by atoms with van der Waals surface area (Å²) in [5.74, 6) is -0.890. The molecule has 0 heterocycles. The molecule has 1 N–H and O–H groups in total. The maximum absolute atomic E-state index is 12.2. The molecule has 0 aromatic heterocycles. The molecule has 0 aromatic rings. The number of aliphatic carboxylic acids is 1. The highest BCUT2D eigenvalue weighted by molar-refractivity contribution is 5.79. The van der Waals surface area contributed by atoms with Gasteiger partial charge in [0.1, 0.15) is 0 Å². The Balaban J connectivity index is 2.31. The summed E-state index contributed by atoms with van der Waals surface area (Å²) in [6.07, 6.45) is 2.77. The second kappa shape index (κ2) is 7.48. The van der Waals surface area contributed by atoms with E-state index in [1.54, 1.807) is 11.9 Å². The van der Waals surface area contributed by atoms with Crippen LogP contribution in [0.1, 0.15) is 39.5 Å². The van der Waals surface area contributed by atoms with Gasteiger partial charge in [0.2, 0.25) is 5.91 Å². The van der Waals surface area contributed by atoms with Crippen LogP contribution in [0.15, 0.2) is 0 Å². The second-order valence-corrected chi connectivity index (χ2v) is 5.57. The van der Waals surface area contributed by atoms with Crippen molar-refractivity contribution in [1.29, 1.82) is 0 Å². The van der Waals surface area contributed by atoms with Crippen LogP contribution >= 0.6 is 0 Å². The monoisotopic (exact) mass is 271 g/mol. The molecule has 0 aliphatic heterocycles. The molecule has 1 fully saturated rings. The molecule has 110 valence electrons. The Kier molecular flexibility index (Phi) is 6.28. The zero-order valence-corrected chi connectivity index (χ0v) is 12.1. The van der Waals surface area contributed by atoms with Gasteiger partial charge in [0.15, 0.2) is 0 Å². The standard InChI is InChI=1S/C14H25NO4/c1-10(2)19-9-8-15(3)13(16)11-4-6-12(7-5-11)14(17)18/h10-12H,4-9H2,1-3H3,(H,17,18). The van der Waals surface area contributed by atoms with E-state index in [9.17, 15) is 9.59 Å². The summed E-state index contributed by atoms with van der Waals surface area (Å²) in [5, 5.41) is 8.93. The molecule has 1 aliphatic rings. The maximum Gasteiger partial charge on any atom is 0.306 e. The van der Waals surface area contributed by atoms with Gasteiger partial charge in [-0.1, -0.05) is 0 Å². The van der Waals surface area contributed by atoms with Crippen molar-refractivity contribution in [1.82, 2.24) is 4.90 Å². The van der Waals surface area contributed by atoms with Gasteiger partial charge in [0, 0.05) is 19.5 Å². The Hall–Kier alpha value is -1.10. The number of carboxylic acid groups (broad SMARTS) is 1. The number of likely N-dealkylation sites (N-methyl/N-ethyl adjacent to an activating group) is 1. The third-order valence-corrected chi connectivity index (χ3v) is 3.68. The maximum atomic E-state index is 12.2. The molecule has 0 aromatic carbocycles. The number of nitrogens with zero attached hydrogens (tertiary/aromatic N) is 1. The van der Waals surface area contributed by atoms with E-state index in [-0.39, 0.29) is 23.8 Å². The number of carboxylic acids is 1. The van der Waals surface area contributed by atoms with Crippen LogP contribution in [0.25, 0.3) is 0 Å². The lowest BCUT2D eigenvalue weighted by Crippen LogP contribution is -2.37. The molecule has 0 bridgehead atoms. The number of rotatable bonds is 6. The fourth-order valence-electron chi connectivity index (χ4n) is 2.43. The Morgan fingerprint density at radius 1 is 1.21 bits per heavy atom. The third kappa shape index (κ3) is 5.19. The van der Waals surface area contributed by atoms with E-state index >= 15 is 0 Å². The fraction of sp³-hybridized carbons (Fsp3) is 0.857. The number of ether oxygens (including phenoxy) is 1. The summed E-state index contributed by atoms with van der Waals surface area (Å²) < 4.78 is 5.43. The number of carbonyl (C=O) groups is 2. The molecule has 5 nitrogen and oxygen atoms in total. The Bertz CT molecular complexity index is 309. The van der Waals surface area contributed by atoms with E-state index in [1.807, 2.05) is 13.8 Å².